The van der Waals surface area contributed by atoms with Crippen LogP contribution in [0.4, 0.5) is 9.52 Å². The van der Waals surface area contributed by atoms with Crippen molar-refractivity contribution >= 4 is 38.3 Å². The van der Waals surface area contributed by atoms with Gasteiger partial charge in [0.05, 0.1) is 15.2 Å². The molecule has 1 heterocycles. The van der Waals surface area contributed by atoms with Gasteiger partial charge in [0.25, 0.3) is 0 Å². The topological polar surface area (TPSA) is 24.9 Å². The summed E-state index contributed by atoms with van der Waals surface area (Å²) >= 11 is 7.18. The summed E-state index contributed by atoms with van der Waals surface area (Å²) < 4.78 is 14.2. The number of benzene rings is 2. The normalized spacial score (nSPS) is 10.9. The van der Waals surface area contributed by atoms with E-state index in [4.69, 9.17) is 11.6 Å². The zero-order valence-electron chi connectivity index (χ0n) is 10.6. The molecule has 0 atom stereocenters. The molecule has 2 aromatic carbocycles. The minimum atomic E-state index is -0.404. The zero-order valence-corrected chi connectivity index (χ0v) is 12.1. The molecule has 0 spiro atoms. The molecule has 0 fully saturated rings. The first-order chi connectivity index (χ1) is 9.72. The van der Waals surface area contributed by atoms with E-state index in [0.29, 0.717) is 0 Å². The van der Waals surface area contributed by atoms with E-state index in [1.54, 1.807) is 6.07 Å². The number of hydrogen-bond donors (Lipinski definition) is 1. The molecule has 102 valence electrons. The fraction of sp³-hybridized carbons (Fsp3) is 0.133. The second-order valence-corrected chi connectivity index (χ2v) is 5.85. The standard InChI is InChI=1S/C15H12ClFN2S/c16-11-8-13-14(9-12(11)17)20-15(19-13)18-7-6-10-4-2-1-3-5-10/h1-5,8-9H,6-7H2,(H,18,19). The van der Waals surface area contributed by atoms with E-state index >= 15 is 0 Å². The van der Waals surface area contributed by atoms with E-state index < -0.39 is 5.82 Å². The summed E-state index contributed by atoms with van der Waals surface area (Å²) in [7, 11) is 0. The molecule has 20 heavy (non-hydrogen) atoms. The molecule has 0 radical (unpaired) electrons. The van der Waals surface area contributed by atoms with Gasteiger partial charge in [0.15, 0.2) is 5.13 Å². The lowest BCUT2D eigenvalue weighted by molar-refractivity contribution is 0.630. The molecule has 0 saturated carbocycles. The third-order valence-electron chi connectivity index (χ3n) is 2.96. The maximum atomic E-state index is 13.4. The summed E-state index contributed by atoms with van der Waals surface area (Å²) in [5.74, 6) is -0.404. The molecular weight excluding hydrogens is 295 g/mol. The Morgan fingerprint density at radius 1 is 1.20 bits per heavy atom. The predicted octanol–water partition coefficient (Wildman–Crippen LogP) is 4.74. The molecule has 1 N–H and O–H groups in total. The third-order valence-corrected chi connectivity index (χ3v) is 4.23. The van der Waals surface area contributed by atoms with Gasteiger partial charge in [0.1, 0.15) is 5.82 Å². The van der Waals surface area contributed by atoms with Crippen LogP contribution >= 0.6 is 22.9 Å². The molecule has 0 amide bonds. The minimum Gasteiger partial charge on any atom is -0.361 e. The Bertz CT molecular complexity index is 688. The molecular formula is C15H12ClFN2S. The van der Waals surface area contributed by atoms with Gasteiger partial charge >= 0.3 is 0 Å². The predicted molar refractivity (Wildman–Crippen MR) is 83.2 cm³/mol. The van der Waals surface area contributed by atoms with Crippen molar-refractivity contribution in [2.75, 3.05) is 11.9 Å². The van der Waals surface area contributed by atoms with Crippen LogP contribution < -0.4 is 5.32 Å². The highest BCUT2D eigenvalue weighted by atomic mass is 35.5. The fourth-order valence-corrected chi connectivity index (χ4v) is 3.01. The van der Waals surface area contributed by atoms with Crippen LogP contribution in [-0.2, 0) is 6.42 Å². The smallest absolute Gasteiger partial charge is 0.183 e. The summed E-state index contributed by atoms with van der Waals surface area (Å²) in [5.41, 5.74) is 2.00. The Hall–Kier alpha value is -1.65. The monoisotopic (exact) mass is 306 g/mol. The van der Waals surface area contributed by atoms with Gasteiger partial charge in [-0.15, -0.1) is 0 Å². The molecule has 5 heteroatoms. The van der Waals surface area contributed by atoms with E-state index in [0.717, 1.165) is 28.3 Å². The second kappa shape index (κ2) is 5.77. The highest BCUT2D eigenvalue weighted by Crippen LogP contribution is 2.29. The summed E-state index contributed by atoms with van der Waals surface area (Å²) in [4.78, 5) is 4.40. The number of rotatable bonds is 4. The van der Waals surface area contributed by atoms with Gasteiger partial charge in [0.2, 0.25) is 0 Å². The first-order valence-corrected chi connectivity index (χ1v) is 7.45. The van der Waals surface area contributed by atoms with Gasteiger partial charge in [-0.2, -0.15) is 0 Å². The first kappa shape index (κ1) is 13.3. The quantitative estimate of drug-likeness (QED) is 0.753. The van der Waals surface area contributed by atoms with Gasteiger partial charge in [-0.3, -0.25) is 0 Å². The second-order valence-electron chi connectivity index (χ2n) is 4.42. The van der Waals surface area contributed by atoms with Crippen LogP contribution in [0.15, 0.2) is 42.5 Å². The molecule has 2 nitrogen and oxygen atoms in total. The lowest BCUT2D eigenvalue weighted by Gasteiger charge is -2.02. The molecule has 0 unspecified atom stereocenters. The van der Waals surface area contributed by atoms with E-state index in [1.165, 1.54) is 23.0 Å². The number of aromatic nitrogens is 1. The van der Waals surface area contributed by atoms with Gasteiger partial charge in [-0.05, 0) is 24.1 Å². The summed E-state index contributed by atoms with van der Waals surface area (Å²) in [6.45, 7) is 0.792. The Morgan fingerprint density at radius 2 is 2.00 bits per heavy atom. The molecule has 1 aromatic heterocycles. The number of halogens is 2. The zero-order chi connectivity index (χ0) is 13.9. The molecule has 0 bridgehead atoms. The average Bonchev–Trinajstić information content (AvgIpc) is 2.82. The van der Waals surface area contributed by atoms with Crippen molar-refractivity contribution in [3.05, 3.63) is 58.9 Å². The van der Waals surface area contributed by atoms with Crippen molar-refractivity contribution in [3.63, 3.8) is 0 Å². The SMILES string of the molecule is Fc1cc2sc(NCCc3ccccc3)nc2cc1Cl. The van der Waals surface area contributed by atoms with Crippen LogP contribution in [0.5, 0.6) is 0 Å². The maximum Gasteiger partial charge on any atom is 0.183 e. The number of fused-ring (bicyclic) bond motifs is 1. The molecule has 0 saturated heterocycles. The van der Waals surface area contributed by atoms with E-state index in [2.05, 4.69) is 22.4 Å². The Kier molecular flexibility index (Phi) is 3.85. The molecule has 3 aromatic rings. The van der Waals surface area contributed by atoms with Crippen molar-refractivity contribution < 1.29 is 4.39 Å². The van der Waals surface area contributed by atoms with Crippen molar-refractivity contribution in [3.8, 4) is 0 Å². The highest BCUT2D eigenvalue weighted by molar-refractivity contribution is 7.22. The van der Waals surface area contributed by atoms with Crippen molar-refractivity contribution in [2.24, 2.45) is 0 Å². The lowest BCUT2D eigenvalue weighted by Crippen LogP contribution is -2.04. The highest BCUT2D eigenvalue weighted by Gasteiger charge is 2.08. The molecule has 0 aliphatic heterocycles. The van der Waals surface area contributed by atoms with E-state index in [-0.39, 0.29) is 5.02 Å². The first-order valence-electron chi connectivity index (χ1n) is 6.26. The molecule has 0 aliphatic rings. The molecule has 0 aliphatic carbocycles. The van der Waals surface area contributed by atoms with Gasteiger partial charge in [-0.25, -0.2) is 9.37 Å². The average molecular weight is 307 g/mol. The van der Waals surface area contributed by atoms with Gasteiger partial charge in [0, 0.05) is 6.54 Å². The number of thiazole rings is 1. The maximum absolute atomic E-state index is 13.4. The van der Waals surface area contributed by atoms with Crippen LogP contribution in [0.2, 0.25) is 5.02 Å². The fourth-order valence-electron chi connectivity index (χ4n) is 1.96. The van der Waals surface area contributed by atoms with Crippen LogP contribution in [0.3, 0.4) is 0 Å². The Balaban J connectivity index is 1.69. The summed E-state index contributed by atoms with van der Waals surface area (Å²) in [5, 5.41) is 4.16. The van der Waals surface area contributed by atoms with Gasteiger partial charge < -0.3 is 5.32 Å². The van der Waals surface area contributed by atoms with Crippen molar-refractivity contribution in [1.82, 2.24) is 4.98 Å². The van der Waals surface area contributed by atoms with Crippen LogP contribution in [0.25, 0.3) is 10.2 Å². The van der Waals surface area contributed by atoms with Gasteiger partial charge in [-0.1, -0.05) is 53.3 Å². The van der Waals surface area contributed by atoms with Crippen LogP contribution in [0.1, 0.15) is 5.56 Å². The van der Waals surface area contributed by atoms with Crippen molar-refractivity contribution in [2.45, 2.75) is 6.42 Å². The minimum absolute atomic E-state index is 0.110. The third kappa shape index (κ3) is 2.92. The van der Waals surface area contributed by atoms with Crippen molar-refractivity contribution in [1.29, 1.82) is 0 Å². The Morgan fingerprint density at radius 3 is 2.80 bits per heavy atom. The van der Waals surface area contributed by atoms with E-state index in [9.17, 15) is 4.39 Å². The van der Waals surface area contributed by atoms with Crippen LogP contribution in [-0.4, -0.2) is 11.5 Å². The number of hydrogen-bond acceptors (Lipinski definition) is 3. The number of nitrogens with zero attached hydrogens (tertiary/aromatic N) is 1. The lowest BCUT2D eigenvalue weighted by atomic mass is 10.2. The van der Waals surface area contributed by atoms with E-state index in [1.807, 2.05) is 18.2 Å². The summed E-state index contributed by atoms with van der Waals surface area (Å²) in [6.07, 6.45) is 0.923. The summed E-state index contributed by atoms with van der Waals surface area (Å²) in [6, 6.07) is 13.2. The Labute approximate surface area is 125 Å². The largest absolute Gasteiger partial charge is 0.361 e. The number of anilines is 1. The van der Waals surface area contributed by atoms with Crippen LogP contribution in [0, 0.1) is 5.82 Å². The number of nitrogens with one attached hydrogen (secondary N) is 1. The molecule has 3 rings (SSSR count).